The maximum atomic E-state index is 11.2. The smallest absolute Gasteiger partial charge is 0.264 e. The third-order valence-corrected chi connectivity index (χ3v) is 5.52. The van der Waals surface area contributed by atoms with E-state index in [4.69, 9.17) is 5.84 Å². The molecule has 3 atom stereocenters. The second kappa shape index (κ2) is 9.90. The molecule has 0 heterocycles. The first-order chi connectivity index (χ1) is 11.6. The van der Waals surface area contributed by atoms with Gasteiger partial charge in [-0.15, -0.1) is 12.4 Å². The number of halogens is 1. The lowest BCUT2D eigenvalue weighted by Crippen LogP contribution is -2.29. The Morgan fingerprint density at radius 1 is 1.04 bits per heavy atom. The number of ketones is 3. The van der Waals surface area contributed by atoms with Crippen LogP contribution in [0.5, 0.6) is 0 Å². The van der Waals surface area contributed by atoms with Crippen LogP contribution in [-0.4, -0.2) is 48.7 Å². The van der Waals surface area contributed by atoms with Crippen LogP contribution in [0, 0.1) is 11.8 Å². The first-order valence-electron chi connectivity index (χ1n) is 7.72. The number of anilines is 1. The summed E-state index contributed by atoms with van der Waals surface area (Å²) < 4.78 is 22.0. The van der Waals surface area contributed by atoms with Crippen molar-refractivity contribution in [3.8, 4) is 0 Å². The zero-order valence-corrected chi connectivity index (χ0v) is 16.2. The fraction of sp³-hybridized carbons (Fsp3) is 0.438. The van der Waals surface area contributed by atoms with Crippen LogP contribution in [0.4, 0.5) is 5.69 Å². The molecule has 0 aliphatic heterocycles. The Kier molecular flexibility index (Phi) is 9.23. The number of nitrogens with two attached hydrogens (primary N) is 1. The van der Waals surface area contributed by atoms with Crippen molar-refractivity contribution in [3.05, 3.63) is 24.3 Å². The van der Waals surface area contributed by atoms with Gasteiger partial charge in [-0.05, 0) is 43.5 Å². The number of hydrogen-bond acceptors (Lipinski definition) is 8. The Balaban J connectivity index is 0.000000468. The average molecular weight is 423 g/mol. The van der Waals surface area contributed by atoms with Crippen LogP contribution < -0.4 is 11.3 Å². The predicted octanol–water partition coefficient (Wildman–Crippen LogP) is -0.543. The number of nitrogen functional groups attached to an aromatic ring is 1. The van der Waals surface area contributed by atoms with E-state index in [1.807, 2.05) is 0 Å². The van der Waals surface area contributed by atoms with Crippen LogP contribution in [0.3, 0.4) is 0 Å². The number of nitrogens with one attached hydrogen (secondary N) is 1. The maximum Gasteiger partial charge on any atom is 0.264 e. The van der Waals surface area contributed by atoms with Gasteiger partial charge in [0.15, 0.2) is 9.84 Å². The molecule has 0 saturated heterocycles. The number of rotatable bonds is 2. The minimum absolute atomic E-state index is 0. The second-order valence-corrected chi connectivity index (χ2v) is 8.19. The third kappa shape index (κ3) is 5.81. The summed E-state index contributed by atoms with van der Waals surface area (Å²) in [7, 11) is -3.10. The van der Waals surface area contributed by atoms with Crippen molar-refractivity contribution in [3.63, 3.8) is 0 Å². The van der Waals surface area contributed by atoms with Gasteiger partial charge in [0.2, 0.25) is 11.6 Å². The summed E-state index contributed by atoms with van der Waals surface area (Å²) in [6.07, 6.45) is 1.91. The molecule has 3 unspecified atom stereocenters. The molecule has 2 aliphatic carbocycles. The van der Waals surface area contributed by atoms with E-state index >= 15 is 0 Å². The van der Waals surface area contributed by atoms with Crippen molar-refractivity contribution in [2.75, 3.05) is 11.7 Å². The lowest BCUT2D eigenvalue weighted by atomic mass is 9.80. The lowest BCUT2D eigenvalue weighted by molar-refractivity contribution is -0.141. The van der Waals surface area contributed by atoms with E-state index in [-0.39, 0.29) is 24.3 Å². The monoisotopic (exact) mass is 422 g/mol. The predicted molar refractivity (Wildman–Crippen MR) is 100 cm³/mol. The molecular weight excluding hydrogens is 400 g/mol. The van der Waals surface area contributed by atoms with Crippen molar-refractivity contribution in [2.45, 2.75) is 30.3 Å². The number of fused-ring (bicyclic) bond motifs is 1. The highest BCUT2D eigenvalue weighted by molar-refractivity contribution is 7.90. The van der Waals surface area contributed by atoms with Crippen molar-refractivity contribution in [2.24, 2.45) is 17.7 Å². The Bertz CT molecular complexity index is 795. The van der Waals surface area contributed by atoms with E-state index in [9.17, 15) is 27.9 Å². The maximum absolute atomic E-state index is 11.2. The molecule has 2 aliphatic rings. The zero-order valence-electron chi connectivity index (χ0n) is 14.5. The summed E-state index contributed by atoms with van der Waals surface area (Å²) >= 11 is 0. The van der Waals surface area contributed by atoms with E-state index in [1.165, 1.54) is 12.1 Å². The highest BCUT2D eigenvalue weighted by Gasteiger charge is 2.50. The quantitative estimate of drug-likeness (QED) is 0.323. The highest BCUT2D eigenvalue weighted by atomic mass is 35.5. The molecule has 2 fully saturated rings. The van der Waals surface area contributed by atoms with Gasteiger partial charge in [-0.2, -0.15) is 0 Å². The van der Waals surface area contributed by atoms with Crippen LogP contribution in [0.2, 0.25) is 0 Å². The van der Waals surface area contributed by atoms with Crippen molar-refractivity contribution in [1.82, 2.24) is 0 Å². The molecule has 0 spiro atoms. The van der Waals surface area contributed by atoms with Gasteiger partial charge in [-0.1, -0.05) is 0 Å². The second-order valence-electron chi connectivity index (χ2n) is 6.18. The Morgan fingerprint density at radius 2 is 1.56 bits per heavy atom. The van der Waals surface area contributed by atoms with E-state index in [2.05, 4.69) is 5.43 Å². The number of hydrogen-bond donors (Lipinski definition) is 3. The van der Waals surface area contributed by atoms with Gasteiger partial charge in [-0.3, -0.25) is 20.2 Å². The minimum Gasteiger partial charge on any atom is -0.412 e. The molecule has 6 N–H and O–H groups in total. The number of sulfone groups is 1. The average Bonchev–Trinajstić information content (AvgIpc) is 2.79. The van der Waals surface area contributed by atoms with E-state index in [0.717, 1.165) is 6.26 Å². The zero-order chi connectivity index (χ0) is 18.8. The van der Waals surface area contributed by atoms with E-state index in [0.29, 0.717) is 23.4 Å². The summed E-state index contributed by atoms with van der Waals surface area (Å²) in [5.41, 5.74) is 3.09. The minimum atomic E-state index is -3.10. The summed E-state index contributed by atoms with van der Waals surface area (Å²) in [6, 6.07) is 6.22. The van der Waals surface area contributed by atoms with Crippen molar-refractivity contribution >= 4 is 45.3 Å². The summed E-state index contributed by atoms with van der Waals surface area (Å²) in [5, 5.41) is 9.27. The molecule has 11 heteroatoms. The highest BCUT2D eigenvalue weighted by Crippen LogP contribution is 2.36. The van der Waals surface area contributed by atoms with Crippen LogP contribution in [0.15, 0.2) is 29.2 Å². The molecule has 0 aromatic heterocycles. The Hall–Kier alpha value is -1.85. The molecule has 0 bridgehead atoms. The molecule has 27 heavy (non-hydrogen) atoms. The van der Waals surface area contributed by atoms with Crippen molar-refractivity contribution in [1.29, 1.82) is 0 Å². The van der Waals surface area contributed by atoms with Gasteiger partial charge < -0.3 is 16.0 Å². The fourth-order valence-electron chi connectivity index (χ4n) is 3.01. The normalized spacial score (nSPS) is 24.0. The van der Waals surface area contributed by atoms with E-state index < -0.39 is 45.1 Å². The SMILES string of the molecule is CS(=O)(=O)c1ccc(NN)cc1.Cl.O.O=C1C(=O)C2CCC(O)CC2C1=O. The van der Waals surface area contributed by atoms with Crippen molar-refractivity contribution < 1.29 is 33.4 Å². The van der Waals surface area contributed by atoms with Gasteiger partial charge in [0.1, 0.15) is 0 Å². The molecule has 9 nitrogen and oxygen atoms in total. The number of carbonyl (C=O) groups excluding carboxylic acids is 3. The number of hydrazine groups is 1. The molecule has 0 radical (unpaired) electrons. The van der Waals surface area contributed by atoms with Gasteiger partial charge in [-0.25, -0.2) is 8.42 Å². The molecule has 2 saturated carbocycles. The lowest BCUT2D eigenvalue weighted by Gasteiger charge is -2.25. The van der Waals surface area contributed by atoms with Crippen LogP contribution >= 0.6 is 12.4 Å². The number of carbonyl (C=O) groups is 3. The number of aliphatic hydroxyl groups is 1. The summed E-state index contributed by atoms with van der Waals surface area (Å²) in [5.74, 6) is 2.17. The molecule has 3 rings (SSSR count). The van der Waals surface area contributed by atoms with Gasteiger partial charge >= 0.3 is 0 Å². The first-order valence-corrected chi connectivity index (χ1v) is 9.61. The van der Waals surface area contributed by atoms with Crippen LogP contribution in [0.25, 0.3) is 0 Å². The number of aliphatic hydroxyl groups excluding tert-OH is 1. The van der Waals surface area contributed by atoms with Gasteiger partial charge in [0, 0.05) is 23.8 Å². The standard InChI is InChI=1S/C9H10O4.C7H10N2O2S.ClH.H2O/c10-4-1-2-5-6(3-4)8(12)9(13)7(5)11;1-12(10,11)7-4-2-6(9-8)3-5-7;;/h4-6,10H,1-3H2;2-5,9H,8H2,1H3;1H;1H2. The van der Waals surface area contributed by atoms with Crippen LogP contribution in [-0.2, 0) is 24.2 Å². The topological polar surface area (TPSA) is 175 Å². The molecule has 1 aromatic carbocycles. The molecule has 152 valence electrons. The fourth-order valence-corrected chi connectivity index (χ4v) is 3.64. The van der Waals surface area contributed by atoms with Gasteiger partial charge in [0.25, 0.3) is 5.78 Å². The Labute approximate surface area is 162 Å². The largest absolute Gasteiger partial charge is 0.412 e. The number of benzene rings is 1. The van der Waals surface area contributed by atoms with Crippen LogP contribution in [0.1, 0.15) is 19.3 Å². The summed E-state index contributed by atoms with van der Waals surface area (Å²) in [4.78, 5) is 33.7. The van der Waals surface area contributed by atoms with E-state index in [1.54, 1.807) is 12.1 Å². The first kappa shape index (κ1) is 25.1. The number of Topliss-reactive ketones (excluding diaryl/α,β-unsaturated/α-hetero) is 3. The Morgan fingerprint density at radius 3 is 2.04 bits per heavy atom. The summed E-state index contributed by atoms with van der Waals surface area (Å²) in [6.45, 7) is 0. The van der Waals surface area contributed by atoms with Gasteiger partial charge in [0.05, 0.1) is 11.0 Å². The molecular formula is C16H23ClN2O7S. The molecule has 0 amide bonds. The molecule has 1 aromatic rings. The third-order valence-electron chi connectivity index (χ3n) is 4.39.